The number of hydrogen-bond donors (Lipinski definition) is 1. The topological polar surface area (TPSA) is 21.3 Å². The molecule has 1 aromatic rings. The van der Waals surface area contributed by atoms with Crippen molar-refractivity contribution < 1.29 is 4.74 Å². The Hall–Kier alpha value is -0.290. The first kappa shape index (κ1) is 11.8. The molecule has 0 aliphatic carbocycles. The molecule has 14 heavy (non-hydrogen) atoms. The predicted octanol–water partition coefficient (Wildman–Crippen LogP) is 3.05. The second kappa shape index (κ2) is 5.56. The van der Waals surface area contributed by atoms with Crippen LogP contribution in [-0.2, 0) is 4.74 Å². The molecule has 1 rings (SSSR count). The van der Waals surface area contributed by atoms with Crippen LogP contribution in [0, 0.1) is 10.5 Å². The third-order valence-corrected chi connectivity index (χ3v) is 2.68. The van der Waals surface area contributed by atoms with Crippen molar-refractivity contribution in [1.29, 1.82) is 0 Å². The molecule has 1 N–H and O–H groups in total. The van der Waals surface area contributed by atoms with E-state index in [0.29, 0.717) is 6.04 Å². The summed E-state index contributed by atoms with van der Waals surface area (Å²) < 4.78 is 6.34. The van der Waals surface area contributed by atoms with E-state index in [4.69, 9.17) is 4.74 Å². The van der Waals surface area contributed by atoms with E-state index < -0.39 is 0 Å². The van der Waals surface area contributed by atoms with Crippen molar-refractivity contribution in [3.8, 4) is 0 Å². The molecule has 3 heteroatoms. The summed E-state index contributed by atoms with van der Waals surface area (Å²) in [6.45, 7) is 4.95. The lowest BCUT2D eigenvalue weighted by Gasteiger charge is -2.16. The molecule has 0 bridgehead atoms. The summed E-state index contributed by atoms with van der Waals surface area (Å²) >= 11 is 2.32. The number of aryl methyl sites for hydroxylation is 1. The molecule has 0 saturated carbocycles. The molecule has 0 spiro atoms. The molecule has 1 unspecified atom stereocenters. The summed E-state index contributed by atoms with van der Waals surface area (Å²) in [6.07, 6.45) is 0. The van der Waals surface area contributed by atoms with Crippen LogP contribution in [0.15, 0.2) is 18.2 Å². The van der Waals surface area contributed by atoms with E-state index in [-0.39, 0.29) is 0 Å². The van der Waals surface area contributed by atoms with E-state index in [1.807, 2.05) is 0 Å². The average molecular weight is 305 g/mol. The van der Waals surface area contributed by atoms with Gasteiger partial charge < -0.3 is 10.1 Å². The smallest absolute Gasteiger partial charge is 0.0661 e. The molecule has 0 aliphatic rings. The van der Waals surface area contributed by atoms with Crippen LogP contribution in [-0.4, -0.2) is 19.8 Å². The number of hydrogen-bond acceptors (Lipinski definition) is 2. The standard InChI is InChI=1S/C11H16INO/c1-8-6-10(12)4-5-11(8)13-9(2)7-14-3/h4-6,9,13H,7H2,1-3H3. The maximum atomic E-state index is 5.08. The molecular formula is C11H16INO. The molecule has 0 amide bonds. The molecular weight excluding hydrogens is 289 g/mol. The zero-order chi connectivity index (χ0) is 10.6. The van der Waals surface area contributed by atoms with Crippen LogP contribution in [0.25, 0.3) is 0 Å². The van der Waals surface area contributed by atoms with Gasteiger partial charge in [0.2, 0.25) is 0 Å². The number of nitrogens with one attached hydrogen (secondary N) is 1. The van der Waals surface area contributed by atoms with Gasteiger partial charge in [0, 0.05) is 22.4 Å². The van der Waals surface area contributed by atoms with Gasteiger partial charge in [-0.1, -0.05) is 0 Å². The highest BCUT2D eigenvalue weighted by Crippen LogP contribution is 2.18. The summed E-state index contributed by atoms with van der Waals surface area (Å²) in [5.74, 6) is 0. The van der Waals surface area contributed by atoms with Gasteiger partial charge in [0.15, 0.2) is 0 Å². The molecule has 0 radical (unpaired) electrons. The lowest BCUT2D eigenvalue weighted by atomic mass is 10.2. The summed E-state index contributed by atoms with van der Waals surface area (Å²) in [5, 5.41) is 3.41. The van der Waals surface area contributed by atoms with Crippen molar-refractivity contribution >= 4 is 28.3 Å². The molecule has 2 nitrogen and oxygen atoms in total. The summed E-state index contributed by atoms with van der Waals surface area (Å²) in [5.41, 5.74) is 2.47. The minimum Gasteiger partial charge on any atom is -0.383 e. The molecule has 0 heterocycles. The molecule has 0 aliphatic heterocycles. The first-order chi connectivity index (χ1) is 6.63. The van der Waals surface area contributed by atoms with Gasteiger partial charge in [0.1, 0.15) is 0 Å². The Labute approximate surface area is 99.2 Å². The average Bonchev–Trinajstić information content (AvgIpc) is 2.10. The monoisotopic (exact) mass is 305 g/mol. The van der Waals surface area contributed by atoms with Crippen molar-refractivity contribution in [1.82, 2.24) is 0 Å². The van der Waals surface area contributed by atoms with Crippen molar-refractivity contribution in [2.45, 2.75) is 19.9 Å². The third kappa shape index (κ3) is 3.46. The van der Waals surface area contributed by atoms with E-state index >= 15 is 0 Å². The van der Waals surface area contributed by atoms with Crippen LogP contribution in [0.1, 0.15) is 12.5 Å². The number of ether oxygens (including phenoxy) is 1. The van der Waals surface area contributed by atoms with Gasteiger partial charge in [0.05, 0.1) is 6.61 Å². The molecule has 0 fully saturated rings. The zero-order valence-electron chi connectivity index (χ0n) is 8.80. The van der Waals surface area contributed by atoms with Gasteiger partial charge in [0.25, 0.3) is 0 Å². The molecule has 0 saturated heterocycles. The Kier molecular flexibility index (Phi) is 4.68. The van der Waals surface area contributed by atoms with Crippen molar-refractivity contribution in [3.05, 3.63) is 27.3 Å². The van der Waals surface area contributed by atoms with Crippen molar-refractivity contribution in [3.63, 3.8) is 0 Å². The van der Waals surface area contributed by atoms with E-state index in [2.05, 4.69) is 60.0 Å². The van der Waals surface area contributed by atoms with Gasteiger partial charge in [-0.3, -0.25) is 0 Å². The summed E-state index contributed by atoms with van der Waals surface area (Å²) in [6, 6.07) is 6.74. The summed E-state index contributed by atoms with van der Waals surface area (Å²) in [4.78, 5) is 0. The first-order valence-corrected chi connectivity index (χ1v) is 5.73. The van der Waals surface area contributed by atoms with Gasteiger partial charge in [-0.2, -0.15) is 0 Å². The number of benzene rings is 1. The molecule has 1 aromatic carbocycles. The summed E-state index contributed by atoms with van der Waals surface area (Å²) in [7, 11) is 1.72. The van der Waals surface area contributed by atoms with Crippen LogP contribution in [0.4, 0.5) is 5.69 Å². The van der Waals surface area contributed by atoms with Gasteiger partial charge >= 0.3 is 0 Å². The SMILES string of the molecule is COCC(C)Nc1ccc(I)cc1C. The fourth-order valence-corrected chi connectivity index (χ4v) is 1.99. The minimum absolute atomic E-state index is 0.346. The molecule has 78 valence electrons. The fourth-order valence-electron chi connectivity index (χ4n) is 1.35. The van der Waals surface area contributed by atoms with Crippen LogP contribution < -0.4 is 5.32 Å². The molecule has 1 atom stereocenters. The Morgan fingerprint density at radius 1 is 1.50 bits per heavy atom. The number of rotatable bonds is 4. The predicted molar refractivity (Wildman–Crippen MR) is 68.9 cm³/mol. The normalized spacial score (nSPS) is 12.6. The number of methoxy groups -OCH3 is 1. The van der Waals surface area contributed by atoms with E-state index in [1.54, 1.807) is 7.11 Å². The van der Waals surface area contributed by atoms with E-state index in [9.17, 15) is 0 Å². The first-order valence-electron chi connectivity index (χ1n) is 4.65. The van der Waals surface area contributed by atoms with Crippen LogP contribution in [0.2, 0.25) is 0 Å². The highest BCUT2D eigenvalue weighted by molar-refractivity contribution is 14.1. The van der Waals surface area contributed by atoms with Crippen LogP contribution in [0.3, 0.4) is 0 Å². The maximum absolute atomic E-state index is 5.08. The Morgan fingerprint density at radius 3 is 2.79 bits per heavy atom. The zero-order valence-corrected chi connectivity index (χ0v) is 11.0. The Balaban J connectivity index is 2.67. The van der Waals surface area contributed by atoms with Crippen molar-refractivity contribution in [2.24, 2.45) is 0 Å². The second-order valence-electron chi connectivity index (χ2n) is 3.46. The van der Waals surface area contributed by atoms with Gasteiger partial charge in [-0.25, -0.2) is 0 Å². The largest absolute Gasteiger partial charge is 0.383 e. The van der Waals surface area contributed by atoms with Crippen LogP contribution in [0.5, 0.6) is 0 Å². The Morgan fingerprint density at radius 2 is 2.21 bits per heavy atom. The van der Waals surface area contributed by atoms with Crippen molar-refractivity contribution in [2.75, 3.05) is 19.0 Å². The lowest BCUT2D eigenvalue weighted by molar-refractivity contribution is 0.190. The lowest BCUT2D eigenvalue weighted by Crippen LogP contribution is -2.21. The van der Waals surface area contributed by atoms with E-state index in [1.165, 1.54) is 14.8 Å². The van der Waals surface area contributed by atoms with Crippen LogP contribution >= 0.6 is 22.6 Å². The highest BCUT2D eigenvalue weighted by Gasteiger charge is 2.03. The second-order valence-corrected chi connectivity index (χ2v) is 4.71. The van der Waals surface area contributed by atoms with Gasteiger partial charge in [-0.15, -0.1) is 0 Å². The van der Waals surface area contributed by atoms with Gasteiger partial charge in [-0.05, 0) is 60.2 Å². The highest BCUT2D eigenvalue weighted by atomic mass is 127. The fraction of sp³-hybridized carbons (Fsp3) is 0.455. The third-order valence-electron chi connectivity index (χ3n) is 2.01. The number of halogens is 1. The number of anilines is 1. The quantitative estimate of drug-likeness (QED) is 0.863. The minimum atomic E-state index is 0.346. The van der Waals surface area contributed by atoms with E-state index in [0.717, 1.165) is 6.61 Å². The molecule has 0 aromatic heterocycles. The maximum Gasteiger partial charge on any atom is 0.0661 e. The Bertz CT molecular complexity index is 301.